The first-order valence-electron chi connectivity index (χ1n) is 5.30. The Labute approximate surface area is 88.5 Å². The number of benzene rings is 1. The average molecular weight is 202 g/mol. The summed E-state index contributed by atoms with van der Waals surface area (Å²) in [6, 6.07) is 7.65. The molecule has 0 amide bonds. The summed E-state index contributed by atoms with van der Waals surface area (Å²) in [4.78, 5) is 11.3. The van der Waals surface area contributed by atoms with Crippen LogP contribution in [0.2, 0.25) is 0 Å². The van der Waals surface area contributed by atoms with Crippen LogP contribution in [0.1, 0.15) is 25.0 Å². The van der Waals surface area contributed by atoms with E-state index in [2.05, 4.69) is 13.0 Å². The summed E-state index contributed by atoms with van der Waals surface area (Å²) in [5.41, 5.74) is 2.70. The number of aryl methyl sites for hydroxylation is 2. The first-order chi connectivity index (χ1) is 7.24. The summed E-state index contributed by atoms with van der Waals surface area (Å²) < 4.78 is 5.19. The molecule has 0 N–H and O–H groups in total. The second-order valence-electron chi connectivity index (χ2n) is 3.63. The predicted molar refractivity (Wildman–Crippen MR) is 61.2 cm³/mol. The molecule has 0 aliphatic carbocycles. The van der Waals surface area contributed by atoms with Gasteiger partial charge in [0, 0.05) is 11.5 Å². The maximum absolute atomic E-state index is 11.3. The zero-order valence-electron chi connectivity index (χ0n) is 9.04. The van der Waals surface area contributed by atoms with Crippen molar-refractivity contribution >= 4 is 11.0 Å². The monoisotopic (exact) mass is 202 g/mol. The highest BCUT2D eigenvalue weighted by Crippen LogP contribution is 2.19. The molecule has 0 bridgehead atoms. The van der Waals surface area contributed by atoms with Crippen molar-refractivity contribution in [2.45, 2.75) is 26.7 Å². The minimum atomic E-state index is -0.257. The largest absolute Gasteiger partial charge is 0.423 e. The molecule has 0 fully saturated rings. The molecular formula is C13H14O2. The van der Waals surface area contributed by atoms with Gasteiger partial charge in [0.25, 0.3) is 0 Å². The molecule has 15 heavy (non-hydrogen) atoms. The number of hydrogen-bond donors (Lipinski definition) is 0. The number of rotatable bonds is 2. The van der Waals surface area contributed by atoms with E-state index in [0.29, 0.717) is 5.58 Å². The van der Waals surface area contributed by atoms with E-state index in [1.165, 1.54) is 5.56 Å². The van der Waals surface area contributed by atoms with Crippen molar-refractivity contribution in [3.63, 3.8) is 0 Å². The van der Waals surface area contributed by atoms with Crippen molar-refractivity contribution < 1.29 is 4.42 Å². The van der Waals surface area contributed by atoms with Crippen molar-refractivity contribution in [3.05, 3.63) is 45.8 Å². The van der Waals surface area contributed by atoms with Gasteiger partial charge in [-0.25, -0.2) is 4.79 Å². The second-order valence-corrected chi connectivity index (χ2v) is 3.63. The van der Waals surface area contributed by atoms with Gasteiger partial charge in [-0.3, -0.25) is 0 Å². The lowest BCUT2D eigenvalue weighted by molar-refractivity contribution is 0.558. The highest BCUT2D eigenvalue weighted by Gasteiger charge is 2.04. The molecule has 0 aliphatic rings. The molecule has 0 aliphatic heterocycles. The maximum atomic E-state index is 11.3. The van der Waals surface area contributed by atoms with E-state index in [4.69, 9.17) is 4.42 Å². The van der Waals surface area contributed by atoms with E-state index < -0.39 is 0 Å². The van der Waals surface area contributed by atoms with Crippen LogP contribution in [0.15, 0.2) is 33.5 Å². The molecule has 0 unspecified atom stereocenters. The van der Waals surface area contributed by atoms with Crippen molar-refractivity contribution in [2.24, 2.45) is 0 Å². The molecule has 2 nitrogen and oxygen atoms in total. The van der Waals surface area contributed by atoms with Gasteiger partial charge in [0.05, 0.1) is 0 Å². The van der Waals surface area contributed by atoms with Crippen LogP contribution in [-0.4, -0.2) is 0 Å². The van der Waals surface area contributed by atoms with Gasteiger partial charge in [-0.05, 0) is 30.0 Å². The molecule has 1 aromatic carbocycles. The lowest BCUT2D eigenvalue weighted by atomic mass is 10.1. The minimum absolute atomic E-state index is 0.257. The second kappa shape index (κ2) is 3.89. The number of fused-ring (bicyclic) bond motifs is 1. The quantitative estimate of drug-likeness (QED) is 0.701. The molecule has 0 atom stereocenters. The molecule has 0 radical (unpaired) electrons. The third-order valence-electron chi connectivity index (χ3n) is 2.68. The highest BCUT2D eigenvalue weighted by atomic mass is 16.4. The van der Waals surface area contributed by atoms with E-state index in [9.17, 15) is 4.79 Å². The van der Waals surface area contributed by atoms with Crippen LogP contribution >= 0.6 is 0 Å². The maximum Gasteiger partial charge on any atom is 0.336 e. The third-order valence-corrected chi connectivity index (χ3v) is 2.68. The van der Waals surface area contributed by atoms with Crippen LogP contribution in [0.4, 0.5) is 0 Å². The van der Waals surface area contributed by atoms with Crippen LogP contribution in [-0.2, 0) is 12.8 Å². The van der Waals surface area contributed by atoms with Gasteiger partial charge in [0.1, 0.15) is 5.58 Å². The first kappa shape index (κ1) is 9.97. The van der Waals surface area contributed by atoms with E-state index in [1.54, 1.807) is 6.07 Å². The fourth-order valence-corrected chi connectivity index (χ4v) is 1.79. The normalized spacial score (nSPS) is 10.8. The van der Waals surface area contributed by atoms with E-state index in [-0.39, 0.29) is 5.63 Å². The zero-order chi connectivity index (χ0) is 10.8. The summed E-state index contributed by atoms with van der Waals surface area (Å²) in [6.45, 7) is 4.13. The van der Waals surface area contributed by atoms with Crippen LogP contribution in [0, 0.1) is 0 Å². The van der Waals surface area contributed by atoms with E-state index in [0.717, 1.165) is 23.8 Å². The Morgan fingerprint density at radius 3 is 2.60 bits per heavy atom. The molecule has 1 heterocycles. The Morgan fingerprint density at radius 2 is 1.93 bits per heavy atom. The third kappa shape index (κ3) is 1.80. The smallest absolute Gasteiger partial charge is 0.336 e. The van der Waals surface area contributed by atoms with Gasteiger partial charge < -0.3 is 4.42 Å². The molecule has 2 aromatic rings. The van der Waals surface area contributed by atoms with Crippen molar-refractivity contribution in [1.29, 1.82) is 0 Å². The van der Waals surface area contributed by atoms with Gasteiger partial charge >= 0.3 is 5.63 Å². The average Bonchev–Trinajstić information content (AvgIpc) is 2.26. The Kier molecular flexibility index (Phi) is 2.58. The van der Waals surface area contributed by atoms with E-state index >= 15 is 0 Å². The molecular weight excluding hydrogens is 188 g/mol. The van der Waals surface area contributed by atoms with Gasteiger partial charge in [-0.15, -0.1) is 0 Å². The van der Waals surface area contributed by atoms with E-state index in [1.807, 2.05) is 19.1 Å². The summed E-state index contributed by atoms with van der Waals surface area (Å²) in [5, 5.41) is 1.05. The van der Waals surface area contributed by atoms with Crippen molar-refractivity contribution in [3.8, 4) is 0 Å². The Bertz CT molecular complexity index is 538. The molecule has 2 heteroatoms. The molecule has 0 saturated heterocycles. The molecule has 78 valence electrons. The van der Waals surface area contributed by atoms with Crippen LogP contribution in [0.3, 0.4) is 0 Å². The van der Waals surface area contributed by atoms with Crippen molar-refractivity contribution in [2.75, 3.05) is 0 Å². The van der Waals surface area contributed by atoms with Gasteiger partial charge in [0.15, 0.2) is 0 Å². The fraction of sp³-hybridized carbons (Fsp3) is 0.308. The highest BCUT2D eigenvalue weighted by molar-refractivity contribution is 5.80. The summed E-state index contributed by atoms with van der Waals surface area (Å²) in [7, 11) is 0. The Balaban J connectivity index is 2.78. The van der Waals surface area contributed by atoms with Crippen LogP contribution in [0.25, 0.3) is 11.0 Å². The standard InChI is InChI=1S/C13H14O2/c1-3-9-5-6-11-10(4-2)8-13(14)15-12(11)7-9/h5-8H,3-4H2,1-2H3. The van der Waals surface area contributed by atoms with Gasteiger partial charge in [-0.1, -0.05) is 26.0 Å². The number of hydrogen-bond acceptors (Lipinski definition) is 2. The SMILES string of the molecule is CCc1ccc2c(CC)cc(=O)oc2c1. The van der Waals surface area contributed by atoms with Crippen LogP contribution < -0.4 is 5.63 Å². The fourth-order valence-electron chi connectivity index (χ4n) is 1.79. The summed E-state index contributed by atoms with van der Waals surface area (Å²) >= 11 is 0. The molecule has 2 rings (SSSR count). The topological polar surface area (TPSA) is 30.2 Å². The Morgan fingerprint density at radius 1 is 1.13 bits per heavy atom. The molecule has 0 spiro atoms. The summed E-state index contributed by atoms with van der Waals surface area (Å²) in [5.74, 6) is 0. The lowest BCUT2D eigenvalue weighted by Crippen LogP contribution is -2.00. The molecule has 0 saturated carbocycles. The summed E-state index contributed by atoms with van der Waals surface area (Å²) in [6.07, 6.45) is 1.81. The predicted octanol–water partition coefficient (Wildman–Crippen LogP) is 2.92. The van der Waals surface area contributed by atoms with Crippen LogP contribution in [0.5, 0.6) is 0 Å². The Hall–Kier alpha value is -1.57. The lowest BCUT2D eigenvalue weighted by Gasteiger charge is -2.03. The minimum Gasteiger partial charge on any atom is -0.423 e. The molecule has 1 aromatic heterocycles. The zero-order valence-corrected chi connectivity index (χ0v) is 9.04. The van der Waals surface area contributed by atoms with Gasteiger partial charge in [-0.2, -0.15) is 0 Å². The first-order valence-corrected chi connectivity index (χ1v) is 5.30. The van der Waals surface area contributed by atoms with Gasteiger partial charge in [0.2, 0.25) is 0 Å². The van der Waals surface area contributed by atoms with Crippen molar-refractivity contribution in [1.82, 2.24) is 0 Å².